The van der Waals surface area contributed by atoms with Crippen molar-refractivity contribution in [3.8, 4) is 0 Å². The number of hydrogen-bond donors (Lipinski definition) is 0. The van der Waals surface area contributed by atoms with Gasteiger partial charge in [-0.15, -0.1) is 0 Å². The highest BCUT2D eigenvalue weighted by molar-refractivity contribution is 5.99. The zero-order chi connectivity index (χ0) is 14.7. The number of carbonyl (C=O) groups is 1. The van der Waals surface area contributed by atoms with Gasteiger partial charge >= 0.3 is 0 Å². The normalized spacial score (nSPS) is 10.4. The summed E-state index contributed by atoms with van der Waals surface area (Å²) in [5.41, 5.74) is 2.20. The van der Waals surface area contributed by atoms with E-state index in [1.807, 2.05) is 31.2 Å². The minimum atomic E-state index is -1.01. The molecule has 0 spiro atoms. The van der Waals surface area contributed by atoms with Crippen LogP contribution in [-0.2, 0) is 0 Å². The lowest BCUT2D eigenvalue weighted by molar-refractivity contribution is 0.1000. The number of hydrogen-bond acceptors (Lipinski definition) is 2. The van der Waals surface area contributed by atoms with E-state index in [2.05, 4.69) is 0 Å². The molecular weight excluding hydrogens is 260 g/mol. The van der Waals surface area contributed by atoms with Crippen molar-refractivity contribution in [2.45, 2.75) is 6.92 Å². The van der Waals surface area contributed by atoms with Crippen molar-refractivity contribution < 1.29 is 13.6 Å². The van der Waals surface area contributed by atoms with Crippen molar-refractivity contribution in [2.24, 2.45) is 0 Å². The highest BCUT2D eigenvalue weighted by atomic mass is 19.2. The molecule has 0 fully saturated rings. The molecule has 20 heavy (non-hydrogen) atoms. The number of carbonyl (C=O) groups excluding carboxylic acids is 1. The highest BCUT2D eigenvalue weighted by Crippen LogP contribution is 2.15. The highest BCUT2D eigenvalue weighted by Gasteiger charge is 2.12. The number of likely N-dealkylation sites (N-methyl/N-ethyl adjacent to an activating group) is 1. The third kappa shape index (κ3) is 3.20. The molecule has 0 saturated heterocycles. The average molecular weight is 275 g/mol. The second kappa shape index (κ2) is 5.82. The molecule has 0 amide bonds. The Hall–Kier alpha value is -2.23. The molecular formula is C16H15F2NO. The molecule has 104 valence electrons. The van der Waals surface area contributed by atoms with Crippen molar-refractivity contribution in [1.29, 1.82) is 0 Å². The Morgan fingerprint density at radius 1 is 1.05 bits per heavy atom. The molecule has 0 aliphatic rings. The lowest BCUT2D eigenvalue weighted by Gasteiger charge is -2.18. The fourth-order valence-corrected chi connectivity index (χ4v) is 1.87. The minimum absolute atomic E-state index is 0.105. The van der Waals surface area contributed by atoms with Crippen molar-refractivity contribution in [3.05, 3.63) is 65.2 Å². The maximum absolute atomic E-state index is 13.1. The second-order valence-electron chi connectivity index (χ2n) is 4.74. The number of Topliss-reactive ketones (excluding diaryl/α,β-unsaturated/α-hetero) is 1. The fourth-order valence-electron chi connectivity index (χ4n) is 1.87. The Bertz CT molecular complexity index is 623. The molecule has 0 N–H and O–H groups in total. The Balaban J connectivity index is 2.10. The third-order valence-electron chi connectivity index (χ3n) is 3.10. The predicted octanol–water partition coefficient (Wildman–Crippen LogP) is 3.59. The van der Waals surface area contributed by atoms with E-state index in [1.54, 1.807) is 11.9 Å². The topological polar surface area (TPSA) is 20.3 Å². The predicted molar refractivity (Wildman–Crippen MR) is 75.1 cm³/mol. The van der Waals surface area contributed by atoms with Crippen molar-refractivity contribution >= 4 is 11.5 Å². The van der Waals surface area contributed by atoms with Gasteiger partial charge in [-0.3, -0.25) is 4.79 Å². The monoisotopic (exact) mass is 275 g/mol. The zero-order valence-electron chi connectivity index (χ0n) is 11.4. The maximum atomic E-state index is 13.1. The largest absolute Gasteiger partial charge is 0.367 e. The van der Waals surface area contributed by atoms with Gasteiger partial charge in [0.1, 0.15) is 0 Å². The number of anilines is 1. The first-order valence-electron chi connectivity index (χ1n) is 6.23. The molecule has 0 atom stereocenters. The van der Waals surface area contributed by atoms with Crippen molar-refractivity contribution in [1.82, 2.24) is 0 Å². The summed E-state index contributed by atoms with van der Waals surface area (Å²) in [6.45, 7) is 2.09. The van der Waals surface area contributed by atoms with Crippen LogP contribution in [-0.4, -0.2) is 19.4 Å². The minimum Gasteiger partial charge on any atom is -0.367 e. The number of ketones is 1. The first-order valence-corrected chi connectivity index (χ1v) is 6.23. The van der Waals surface area contributed by atoms with Crippen LogP contribution in [0.15, 0.2) is 42.5 Å². The number of benzene rings is 2. The van der Waals surface area contributed by atoms with Crippen LogP contribution in [0.5, 0.6) is 0 Å². The van der Waals surface area contributed by atoms with Gasteiger partial charge in [-0.25, -0.2) is 8.78 Å². The van der Waals surface area contributed by atoms with Crippen LogP contribution in [0.4, 0.5) is 14.5 Å². The van der Waals surface area contributed by atoms with Crippen LogP contribution in [0, 0.1) is 18.6 Å². The standard InChI is InChI=1S/C16H15F2NO/c1-11-3-6-13(7-4-11)19(2)10-16(20)12-5-8-14(17)15(18)9-12/h3-9H,10H2,1-2H3. The van der Waals surface area contributed by atoms with E-state index in [-0.39, 0.29) is 17.9 Å². The van der Waals surface area contributed by atoms with Gasteiger partial charge in [0.2, 0.25) is 0 Å². The Morgan fingerprint density at radius 3 is 2.30 bits per heavy atom. The van der Waals surface area contributed by atoms with E-state index in [4.69, 9.17) is 0 Å². The molecule has 2 aromatic carbocycles. The Labute approximate surface area is 116 Å². The van der Waals surface area contributed by atoms with E-state index >= 15 is 0 Å². The van der Waals surface area contributed by atoms with Gasteiger partial charge in [0.25, 0.3) is 0 Å². The molecule has 0 saturated carbocycles. The molecule has 0 unspecified atom stereocenters. The second-order valence-corrected chi connectivity index (χ2v) is 4.74. The van der Waals surface area contributed by atoms with Crippen LogP contribution in [0.3, 0.4) is 0 Å². The van der Waals surface area contributed by atoms with Crippen molar-refractivity contribution in [3.63, 3.8) is 0 Å². The van der Waals surface area contributed by atoms with Gasteiger partial charge in [-0.05, 0) is 37.3 Å². The van der Waals surface area contributed by atoms with Crippen molar-refractivity contribution in [2.75, 3.05) is 18.5 Å². The Morgan fingerprint density at radius 2 is 1.70 bits per heavy atom. The van der Waals surface area contributed by atoms with Gasteiger partial charge < -0.3 is 4.90 Å². The summed E-state index contributed by atoms with van der Waals surface area (Å²) >= 11 is 0. The van der Waals surface area contributed by atoms with Crippen LogP contribution in [0.25, 0.3) is 0 Å². The summed E-state index contributed by atoms with van der Waals surface area (Å²) in [6.07, 6.45) is 0. The molecule has 0 aliphatic carbocycles. The van der Waals surface area contributed by atoms with Crippen LogP contribution >= 0.6 is 0 Å². The lowest BCUT2D eigenvalue weighted by Crippen LogP contribution is -2.25. The average Bonchev–Trinajstić information content (AvgIpc) is 2.42. The summed E-state index contributed by atoms with van der Waals surface area (Å²) < 4.78 is 25.9. The molecule has 2 rings (SSSR count). The maximum Gasteiger partial charge on any atom is 0.182 e. The molecule has 0 radical (unpaired) electrons. The zero-order valence-corrected chi connectivity index (χ0v) is 11.4. The molecule has 0 bridgehead atoms. The summed E-state index contributed by atoms with van der Waals surface area (Å²) in [5, 5.41) is 0. The molecule has 2 aromatic rings. The smallest absolute Gasteiger partial charge is 0.182 e. The van der Waals surface area contributed by atoms with E-state index in [1.165, 1.54) is 6.07 Å². The molecule has 0 aliphatic heterocycles. The summed E-state index contributed by atoms with van der Waals surface area (Å²) in [4.78, 5) is 13.8. The van der Waals surface area contributed by atoms with Gasteiger partial charge in [0.15, 0.2) is 17.4 Å². The number of rotatable bonds is 4. The van der Waals surface area contributed by atoms with E-state index < -0.39 is 11.6 Å². The number of aryl methyl sites for hydroxylation is 1. The first-order chi connectivity index (χ1) is 9.47. The van der Waals surface area contributed by atoms with Gasteiger partial charge in [-0.1, -0.05) is 17.7 Å². The van der Waals surface area contributed by atoms with Crippen LogP contribution < -0.4 is 4.90 Å². The van der Waals surface area contributed by atoms with Gasteiger partial charge in [0.05, 0.1) is 6.54 Å². The molecule has 4 heteroatoms. The Kier molecular flexibility index (Phi) is 4.13. The van der Waals surface area contributed by atoms with E-state index in [0.717, 1.165) is 23.4 Å². The van der Waals surface area contributed by atoms with Crippen LogP contribution in [0.1, 0.15) is 15.9 Å². The third-order valence-corrected chi connectivity index (χ3v) is 3.10. The van der Waals surface area contributed by atoms with Crippen LogP contribution in [0.2, 0.25) is 0 Å². The molecule has 0 heterocycles. The summed E-state index contributed by atoms with van der Waals surface area (Å²) in [5.74, 6) is -2.21. The first kappa shape index (κ1) is 14.2. The van der Waals surface area contributed by atoms with Gasteiger partial charge in [0, 0.05) is 18.3 Å². The van der Waals surface area contributed by atoms with Gasteiger partial charge in [-0.2, -0.15) is 0 Å². The molecule has 0 aromatic heterocycles. The van der Waals surface area contributed by atoms with E-state index in [9.17, 15) is 13.6 Å². The summed E-state index contributed by atoms with van der Waals surface area (Å²) in [6, 6.07) is 10.9. The molecule has 2 nitrogen and oxygen atoms in total. The SMILES string of the molecule is Cc1ccc(N(C)CC(=O)c2ccc(F)c(F)c2)cc1. The number of halogens is 2. The quantitative estimate of drug-likeness (QED) is 0.795. The summed E-state index contributed by atoms with van der Waals surface area (Å²) in [7, 11) is 1.78. The lowest BCUT2D eigenvalue weighted by atomic mass is 10.1. The van der Waals surface area contributed by atoms with E-state index in [0.29, 0.717) is 0 Å². The fraction of sp³-hybridized carbons (Fsp3) is 0.188. The number of nitrogens with zero attached hydrogens (tertiary/aromatic N) is 1.